The molecular weight excluding hydrogens is 256 g/mol. The summed E-state index contributed by atoms with van der Waals surface area (Å²) in [7, 11) is 1.99. The van der Waals surface area contributed by atoms with E-state index in [1.165, 1.54) is 0 Å². The van der Waals surface area contributed by atoms with E-state index in [-0.39, 0.29) is 0 Å². The molecule has 0 unspecified atom stereocenters. The van der Waals surface area contributed by atoms with E-state index in [4.69, 9.17) is 0 Å². The normalized spacial score (nSPS) is 11.1. The zero-order chi connectivity index (χ0) is 13.2. The van der Waals surface area contributed by atoms with Crippen LogP contribution in [0, 0.1) is 6.92 Å². The Bertz CT molecular complexity index is 720. The Balaban J connectivity index is 1.88. The van der Waals surface area contributed by atoms with Crippen molar-refractivity contribution in [2.45, 2.75) is 17.8 Å². The summed E-state index contributed by atoms with van der Waals surface area (Å²) in [4.78, 5) is 13.6. The molecule has 0 fully saturated rings. The number of imidazole rings is 1. The zero-order valence-electron chi connectivity index (χ0n) is 10.9. The van der Waals surface area contributed by atoms with E-state index in [1.54, 1.807) is 18.0 Å². The Labute approximate surface area is 115 Å². The largest absolute Gasteiger partial charge is 0.329 e. The van der Waals surface area contributed by atoms with Gasteiger partial charge in [-0.2, -0.15) is 0 Å². The number of aromatic nitrogens is 4. The number of thioether (sulfide) groups is 1. The second kappa shape index (κ2) is 5.01. The Hall–Kier alpha value is -1.88. The highest BCUT2D eigenvalue weighted by Gasteiger charge is 2.07. The minimum Gasteiger partial charge on any atom is -0.329 e. The standard InChI is InChI=1S/C14H14N4S/c1-10-13(9-19-14-15-7-8-18(14)2)17-12-6-4-3-5-11(12)16-10/h3-8H,9H2,1-2H3. The van der Waals surface area contributed by atoms with Gasteiger partial charge in [-0.15, -0.1) is 0 Å². The Morgan fingerprint density at radius 2 is 1.89 bits per heavy atom. The molecule has 5 heteroatoms. The van der Waals surface area contributed by atoms with Crippen molar-refractivity contribution in [2.24, 2.45) is 7.05 Å². The lowest BCUT2D eigenvalue weighted by atomic mass is 10.2. The van der Waals surface area contributed by atoms with Gasteiger partial charge in [0.25, 0.3) is 0 Å². The minimum atomic E-state index is 0.786. The molecular formula is C14H14N4S. The van der Waals surface area contributed by atoms with Crippen molar-refractivity contribution in [3.05, 3.63) is 48.0 Å². The molecule has 0 bridgehead atoms. The van der Waals surface area contributed by atoms with Gasteiger partial charge in [0.2, 0.25) is 0 Å². The van der Waals surface area contributed by atoms with E-state index in [2.05, 4.69) is 15.0 Å². The lowest BCUT2D eigenvalue weighted by Gasteiger charge is -2.06. The van der Waals surface area contributed by atoms with Gasteiger partial charge in [-0.3, -0.25) is 0 Å². The van der Waals surface area contributed by atoms with Gasteiger partial charge in [-0.25, -0.2) is 15.0 Å². The highest BCUT2D eigenvalue weighted by atomic mass is 32.2. The third-order valence-electron chi connectivity index (χ3n) is 2.96. The van der Waals surface area contributed by atoms with Crippen LogP contribution in [0.4, 0.5) is 0 Å². The molecule has 0 aliphatic heterocycles. The summed E-state index contributed by atoms with van der Waals surface area (Å²) in [5, 5.41) is 0.995. The van der Waals surface area contributed by atoms with Gasteiger partial charge in [0, 0.05) is 25.2 Å². The van der Waals surface area contributed by atoms with Crippen molar-refractivity contribution in [1.82, 2.24) is 19.5 Å². The molecule has 0 radical (unpaired) electrons. The van der Waals surface area contributed by atoms with Crippen molar-refractivity contribution in [3.8, 4) is 0 Å². The maximum Gasteiger partial charge on any atom is 0.168 e. The van der Waals surface area contributed by atoms with Gasteiger partial charge in [-0.1, -0.05) is 23.9 Å². The highest BCUT2D eigenvalue weighted by molar-refractivity contribution is 7.98. The topological polar surface area (TPSA) is 43.6 Å². The van der Waals surface area contributed by atoms with Crippen LogP contribution < -0.4 is 0 Å². The zero-order valence-corrected chi connectivity index (χ0v) is 11.7. The van der Waals surface area contributed by atoms with Crippen LogP contribution in [0.25, 0.3) is 11.0 Å². The summed E-state index contributed by atoms with van der Waals surface area (Å²) in [5.41, 5.74) is 3.90. The van der Waals surface area contributed by atoms with Crippen molar-refractivity contribution in [3.63, 3.8) is 0 Å². The van der Waals surface area contributed by atoms with E-state index in [1.807, 2.05) is 49.0 Å². The van der Waals surface area contributed by atoms with Crippen LogP contribution >= 0.6 is 11.8 Å². The lowest BCUT2D eigenvalue weighted by Crippen LogP contribution is -1.98. The molecule has 0 saturated heterocycles. The Kier molecular flexibility index (Phi) is 3.21. The van der Waals surface area contributed by atoms with Crippen LogP contribution in [-0.2, 0) is 12.8 Å². The molecule has 0 aliphatic carbocycles. The van der Waals surface area contributed by atoms with Crippen LogP contribution in [0.5, 0.6) is 0 Å². The summed E-state index contributed by atoms with van der Waals surface area (Å²) in [6.07, 6.45) is 3.75. The van der Waals surface area contributed by atoms with Crippen molar-refractivity contribution < 1.29 is 0 Å². The van der Waals surface area contributed by atoms with Gasteiger partial charge in [0.05, 0.1) is 22.4 Å². The smallest absolute Gasteiger partial charge is 0.168 e. The van der Waals surface area contributed by atoms with Gasteiger partial charge < -0.3 is 4.57 Å². The van der Waals surface area contributed by atoms with Crippen LogP contribution in [0.15, 0.2) is 41.8 Å². The lowest BCUT2D eigenvalue weighted by molar-refractivity contribution is 0.789. The molecule has 3 rings (SSSR count). The van der Waals surface area contributed by atoms with Gasteiger partial charge in [0.15, 0.2) is 5.16 Å². The number of fused-ring (bicyclic) bond motifs is 1. The fourth-order valence-electron chi connectivity index (χ4n) is 1.89. The molecule has 0 spiro atoms. The van der Waals surface area contributed by atoms with Crippen LogP contribution in [0.1, 0.15) is 11.4 Å². The van der Waals surface area contributed by atoms with E-state index >= 15 is 0 Å². The average molecular weight is 270 g/mol. The number of rotatable bonds is 3. The monoisotopic (exact) mass is 270 g/mol. The molecule has 2 aromatic heterocycles. The first-order chi connectivity index (χ1) is 9.24. The predicted molar refractivity (Wildman–Crippen MR) is 77.0 cm³/mol. The van der Waals surface area contributed by atoms with Crippen LogP contribution in [0.2, 0.25) is 0 Å². The average Bonchev–Trinajstić information content (AvgIpc) is 2.82. The van der Waals surface area contributed by atoms with Gasteiger partial charge >= 0.3 is 0 Å². The molecule has 0 saturated carbocycles. The van der Waals surface area contributed by atoms with Crippen molar-refractivity contribution in [1.29, 1.82) is 0 Å². The summed E-state index contributed by atoms with van der Waals surface area (Å²) >= 11 is 1.68. The number of benzene rings is 1. The maximum absolute atomic E-state index is 4.68. The SMILES string of the molecule is Cc1nc2ccccc2nc1CSc1nccn1C. The fraction of sp³-hybridized carbons (Fsp3) is 0.214. The first kappa shape index (κ1) is 12.2. The van der Waals surface area contributed by atoms with E-state index in [9.17, 15) is 0 Å². The first-order valence-electron chi connectivity index (χ1n) is 6.06. The number of aryl methyl sites for hydroxylation is 2. The quantitative estimate of drug-likeness (QED) is 0.686. The van der Waals surface area contributed by atoms with Gasteiger partial charge in [0.1, 0.15) is 0 Å². The number of hydrogen-bond acceptors (Lipinski definition) is 4. The number of nitrogens with zero attached hydrogens (tertiary/aromatic N) is 4. The van der Waals surface area contributed by atoms with Crippen LogP contribution in [0.3, 0.4) is 0 Å². The second-order valence-electron chi connectivity index (χ2n) is 4.35. The van der Waals surface area contributed by atoms with E-state index in [0.717, 1.165) is 33.3 Å². The number of para-hydroxylation sites is 2. The summed E-state index contributed by atoms with van der Waals surface area (Å²) in [6.45, 7) is 2.01. The van der Waals surface area contributed by atoms with Crippen molar-refractivity contribution in [2.75, 3.05) is 0 Å². The molecule has 2 heterocycles. The Morgan fingerprint density at radius 3 is 2.58 bits per heavy atom. The minimum absolute atomic E-state index is 0.786. The van der Waals surface area contributed by atoms with Crippen LogP contribution in [-0.4, -0.2) is 19.5 Å². The third kappa shape index (κ3) is 2.46. The highest BCUT2D eigenvalue weighted by Crippen LogP contribution is 2.22. The molecule has 4 nitrogen and oxygen atoms in total. The summed E-state index contributed by atoms with van der Waals surface area (Å²) < 4.78 is 2.01. The molecule has 0 aliphatic rings. The van der Waals surface area contributed by atoms with E-state index in [0.29, 0.717) is 0 Å². The van der Waals surface area contributed by atoms with E-state index < -0.39 is 0 Å². The molecule has 0 atom stereocenters. The summed E-state index contributed by atoms with van der Waals surface area (Å²) in [6, 6.07) is 7.96. The summed E-state index contributed by atoms with van der Waals surface area (Å²) in [5.74, 6) is 0.786. The molecule has 96 valence electrons. The third-order valence-corrected chi connectivity index (χ3v) is 4.03. The maximum atomic E-state index is 4.68. The molecule has 0 N–H and O–H groups in total. The fourth-order valence-corrected chi connectivity index (χ4v) is 2.82. The molecule has 0 amide bonds. The van der Waals surface area contributed by atoms with Crippen molar-refractivity contribution >= 4 is 22.8 Å². The molecule has 3 aromatic rings. The Morgan fingerprint density at radius 1 is 1.16 bits per heavy atom. The second-order valence-corrected chi connectivity index (χ2v) is 5.30. The predicted octanol–water partition coefficient (Wildman–Crippen LogP) is 2.96. The first-order valence-corrected chi connectivity index (χ1v) is 7.05. The number of hydrogen-bond donors (Lipinski definition) is 0. The molecule has 19 heavy (non-hydrogen) atoms. The van der Waals surface area contributed by atoms with Gasteiger partial charge in [-0.05, 0) is 19.1 Å². The molecule has 1 aromatic carbocycles.